The summed E-state index contributed by atoms with van der Waals surface area (Å²) in [4.78, 5) is 11.1. The highest BCUT2D eigenvalue weighted by atomic mass is 32.2. The van der Waals surface area contributed by atoms with Crippen molar-refractivity contribution in [3.63, 3.8) is 0 Å². The van der Waals surface area contributed by atoms with E-state index in [-0.39, 0.29) is 10.7 Å². The van der Waals surface area contributed by atoms with E-state index in [9.17, 15) is 4.79 Å². The maximum absolute atomic E-state index is 11.1. The van der Waals surface area contributed by atoms with E-state index in [0.717, 1.165) is 13.0 Å². The lowest BCUT2D eigenvalue weighted by Gasteiger charge is -2.16. The Balaban J connectivity index is 3.44. The maximum atomic E-state index is 11.1. The van der Waals surface area contributed by atoms with E-state index < -0.39 is 0 Å². The fourth-order valence-electron chi connectivity index (χ4n) is 0.598. The number of hydrogen-bond donors (Lipinski definition) is 1. The average molecular weight is 189 g/mol. The van der Waals surface area contributed by atoms with Gasteiger partial charge in [0.1, 0.15) is 0 Å². The zero-order chi connectivity index (χ0) is 9.61. The second kappa shape index (κ2) is 5.46. The van der Waals surface area contributed by atoms with Crippen LogP contribution in [0.2, 0.25) is 0 Å². The third-order valence-corrected chi connectivity index (χ3v) is 2.48. The minimum Gasteiger partial charge on any atom is -0.355 e. The summed E-state index contributed by atoms with van der Waals surface area (Å²) in [6, 6.07) is 0. The minimum absolute atomic E-state index is 0.150. The Morgan fingerprint density at radius 1 is 1.42 bits per heavy atom. The van der Waals surface area contributed by atoms with Gasteiger partial charge in [-0.25, -0.2) is 0 Å². The molecule has 0 bridgehead atoms. The lowest BCUT2D eigenvalue weighted by molar-refractivity contribution is -0.118. The monoisotopic (exact) mass is 189 g/mol. The number of hydrogen-bond acceptors (Lipinski definition) is 2. The first-order valence-corrected chi connectivity index (χ1v) is 5.35. The van der Waals surface area contributed by atoms with Crippen molar-refractivity contribution in [1.29, 1.82) is 0 Å². The van der Waals surface area contributed by atoms with Crippen LogP contribution in [0.15, 0.2) is 0 Å². The molecule has 72 valence electrons. The molecule has 0 aliphatic heterocycles. The molecule has 1 N–H and O–H groups in total. The SMILES string of the molecule is CCCNC(=O)CSC(C)(C)C. The summed E-state index contributed by atoms with van der Waals surface area (Å²) in [6.45, 7) is 9.20. The zero-order valence-electron chi connectivity index (χ0n) is 8.44. The first-order chi connectivity index (χ1) is 5.45. The third-order valence-electron chi connectivity index (χ3n) is 1.21. The topological polar surface area (TPSA) is 29.1 Å². The van der Waals surface area contributed by atoms with Crippen LogP contribution in [0.4, 0.5) is 0 Å². The van der Waals surface area contributed by atoms with Crippen molar-refractivity contribution in [2.75, 3.05) is 12.3 Å². The normalized spacial score (nSPS) is 11.3. The number of amides is 1. The molecule has 0 spiro atoms. The largest absolute Gasteiger partial charge is 0.355 e. The van der Waals surface area contributed by atoms with Crippen molar-refractivity contribution in [2.45, 2.75) is 38.9 Å². The van der Waals surface area contributed by atoms with Crippen LogP contribution in [0, 0.1) is 0 Å². The van der Waals surface area contributed by atoms with Gasteiger partial charge in [-0.2, -0.15) is 0 Å². The van der Waals surface area contributed by atoms with Gasteiger partial charge in [0, 0.05) is 11.3 Å². The standard InChI is InChI=1S/C9H19NOS/c1-5-6-10-8(11)7-12-9(2,3)4/h5-7H2,1-4H3,(H,10,11). The molecule has 0 heterocycles. The predicted molar refractivity (Wildman–Crippen MR) is 55.5 cm³/mol. The molecule has 0 rings (SSSR count). The molecule has 0 aromatic heterocycles. The van der Waals surface area contributed by atoms with Crippen LogP contribution in [0.5, 0.6) is 0 Å². The van der Waals surface area contributed by atoms with Gasteiger partial charge >= 0.3 is 0 Å². The summed E-state index contributed by atoms with van der Waals surface area (Å²) in [7, 11) is 0. The van der Waals surface area contributed by atoms with Gasteiger partial charge in [-0.3, -0.25) is 4.79 Å². The van der Waals surface area contributed by atoms with Crippen LogP contribution in [0.25, 0.3) is 0 Å². The molecule has 0 unspecified atom stereocenters. The van der Waals surface area contributed by atoms with Crippen molar-refractivity contribution in [2.24, 2.45) is 0 Å². The molecule has 0 fully saturated rings. The number of nitrogens with one attached hydrogen (secondary N) is 1. The fourth-order valence-corrected chi connectivity index (χ4v) is 1.26. The Hall–Kier alpha value is -0.180. The maximum Gasteiger partial charge on any atom is 0.230 e. The van der Waals surface area contributed by atoms with Gasteiger partial charge in [-0.05, 0) is 6.42 Å². The summed E-state index contributed by atoms with van der Waals surface area (Å²) >= 11 is 1.68. The summed E-state index contributed by atoms with van der Waals surface area (Å²) in [5.41, 5.74) is 0. The van der Waals surface area contributed by atoms with Gasteiger partial charge in [-0.1, -0.05) is 27.7 Å². The van der Waals surface area contributed by atoms with E-state index in [2.05, 4.69) is 33.0 Å². The molecular formula is C9H19NOS. The molecule has 0 saturated heterocycles. The van der Waals surface area contributed by atoms with Gasteiger partial charge in [-0.15, -0.1) is 11.8 Å². The summed E-state index contributed by atoms with van der Waals surface area (Å²) in [5, 5.41) is 2.85. The Morgan fingerprint density at radius 2 is 2.00 bits per heavy atom. The molecule has 2 nitrogen and oxygen atoms in total. The molecule has 0 aliphatic rings. The molecule has 0 saturated carbocycles. The van der Waals surface area contributed by atoms with Crippen LogP contribution in [0.1, 0.15) is 34.1 Å². The average Bonchev–Trinajstić information content (AvgIpc) is 1.95. The summed E-state index contributed by atoms with van der Waals surface area (Å²) in [5.74, 6) is 0.723. The van der Waals surface area contributed by atoms with Crippen molar-refractivity contribution >= 4 is 17.7 Å². The second-order valence-electron chi connectivity index (χ2n) is 3.75. The van der Waals surface area contributed by atoms with E-state index in [1.807, 2.05) is 0 Å². The van der Waals surface area contributed by atoms with Crippen LogP contribution < -0.4 is 5.32 Å². The molecule has 12 heavy (non-hydrogen) atoms. The van der Waals surface area contributed by atoms with Crippen molar-refractivity contribution in [3.8, 4) is 0 Å². The molecule has 3 heteroatoms. The molecule has 0 aliphatic carbocycles. The van der Waals surface area contributed by atoms with Crippen molar-refractivity contribution < 1.29 is 4.79 Å². The van der Waals surface area contributed by atoms with Gasteiger partial charge < -0.3 is 5.32 Å². The molecule has 0 atom stereocenters. The van der Waals surface area contributed by atoms with E-state index >= 15 is 0 Å². The van der Waals surface area contributed by atoms with E-state index in [1.165, 1.54) is 0 Å². The second-order valence-corrected chi connectivity index (χ2v) is 5.55. The lowest BCUT2D eigenvalue weighted by atomic mass is 10.3. The first-order valence-electron chi connectivity index (χ1n) is 4.36. The van der Waals surface area contributed by atoms with Gasteiger partial charge in [0.05, 0.1) is 5.75 Å². The van der Waals surface area contributed by atoms with E-state index in [1.54, 1.807) is 11.8 Å². The van der Waals surface area contributed by atoms with Gasteiger partial charge in [0.15, 0.2) is 0 Å². The smallest absolute Gasteiger partial charge is 0.230 e. The van der Waals surface area contributed by atoms with Gasteiger partial charge in [0.25, 0.3) is 0 Å². The highest BCUT2D eigenvalue weighted by Gasteiger charge is 2.12. The Morgan fingerprint density at radius 3 is 2.42 bits per heavy atom. The number of carbonyl (C=O) groups is 1. The van der Waals surface area contributed by atoms with Crippen LogP contribution >= 0.6 is 11.8 Å². The minimum atomic E-state index is 0.150. The van der Waals surface area contributed by atoms with Crippen LogP contribution in [-0.4, -0.2) is 23.0 Å². The van der Waals surface area contributed by atoms with Crippen molar-refractivity contribution in [3.05, 3.63) is 0 Å². The Bertz CT molecular complexity index is 140. The molecular weight excluding hydrogens is 170 g/mol. The predicted octanol–water partition coefficient (Wildman–Crippen LogP) is 2.04. The summed E-state index contributed by atoms with van der Waals surface area (Å²) in [6.07, 6.45) is 1.01. The quantitative estimate of drug-likeness (QED) is 0.733. The number of thioether (sulfide) groups is 1. The molecule has 0 aromatic carbocycles. The van der Waals surface area contributed by atoms with E-state index in [0.29, 0.717) is 5.75 Å². The van der Waals surface area contributed by atoms with Crippen molar-refractivity contribution in [1.82, 2.24) is 5.32 Å². The Labute approximate surface area is 79.5 Å². The zero-order valence-corrected chi connectivity index (χ0v) is 9.25. The third kappa shape index (κ3) is 7.92. The van der Waals surface area contributed by atoms with Crippen LogP contribution in [-0.2, 0) is 4.79 Å². The van der Waals surface area contributed by atoms with Gasteiger partial charge in [0.2, 0.25) is 5.91 Å². The number of carbonyl (C=O) groups excluding carboxylic acids is 1. The first kappa shape index (κ1) is 11.8. The van der Waals surface area contributed by atoms with Crippen LogP contribution in [0.3, 0.4) is 0 Å². The fraction of sp³-hybridized carbons (Fsp3) is 0.889. The molecule has 0 radical (unpaired) electrons. The number of rotatable bonds is 4. The highest BCUT2D eigenvalue weighted by molar-refractivity contribution is 8.01. The van der Waals surface area contributed by atoms with E-state index in [4.69, 9.17) is 0 Å². The highest BCUT2D eigenvalue weighted by Crippen LogP contribution is 2.22. The summed E-state index contributed by atoms with van der Waals surface area (Å²) < 4.78 is 0.184. The lowest BCUT2D eigenvalue weighted by Crippen LogP contribution is -2.27. The molecule has 1 amide bonds. The molecule has 0 aromatic rings. The Kier molecular flexibility index (Phi) is 5.38.